The molecule has 2 rings (SSSR count). The summed E-state index contributed by atoms with van der Waals surface area (Å²) >= 11 is 6.20. The lowest BCUT2D eigenvalue weighted by molar-refractivity contribution is -0.122. The van der Waals surface area contributed by atoms with Crippen molar-refractivity contribution in [1.82, 2.24) is 10.2 Å². The third-order valence-corrected chi connectivity index (χ3v) is 4.55. The Hall–Kier alpha value is -2.37. The van der Waals surface area contributed by atoms with Gasteiger partial charge in [-0.15, -0.1) is 0 Å². The van der Waals surface area contributed by atoms with Crippen LogP contribution in [-0.2, 0) is 22.6 Å². The highest BCUT2D eigenvalue weighted by Crippen LogP contribution is 2.16. The van der Waals surface area contributed by atoms with Crippen LogP contribution in [0.15, 0.2) is 48.5 Å². The Balaban J connectivity index is 1.76. The fraction of sp³-hybridized carbons (Fsp3) is 0.333. The molecule has 2 aromatic carbocycles. The van der Waals surface area contributed by atoms with E-state index in [9.17, 15) is 9.59 Å². The normalized spacial score (nSPS) is 10.7. The first-order valence-electron chi connectivity index (χ1n) is 9.07. The molecule has 0 fully saturated rings. The van der Waals surface area contributed by atoms with Gasteiger partial charge in [0.05, 0.1) is 6.54 Å². The largest absolute Gasteiger partial charge is 0.355 e. The third-order valence-electron chi connectivity index (χ3n) is 4.18. The van der Waals surface area contributed by atoms with E-state index >= 15 is 0 Å². The van der Waals surface area contributed by atoms with E-state index in [0.29, 0.717) is 19.6 Å². The predicted octanol–water partition coefficient (Wildman–Crippen LogP) is 3.48. The molecule has 0 aliphatic rings. The molecule has 0 bridgehead atoms. The summed E-state index contributed by atoms with van der Waals surface area (Å²) in [7, 11) is 0. The Kier molecular flexibility index (Phi) is 8.30. The fourth-order valence-electron chi connectivity index (χ4n) is 2.71. The Morgan fingerprint density at radius 3 is 2.41 bits per heavy atom. The van der Waals surface area contributed by atoms with E-state index in [2.05, 4.69) is 15.5 Å². The van der Waals surface area contributed by atoms with Crippen molar-refractivity contribution in [3.63, 3.8) is 0 Å². The minimum atomic E-state index is -0.0905. The van der Waals surface area contributed by atoms with E-state index in [-0.39, 0.29) is 11.8 Å². The van der Waals surface area contributed by atoms with Gasteiger partial charge in [0.1, 0.15) is 0 Å². The van der Waals surface area contributed by atoms with Gasteiger partial charge >= 0.3 is 0 Å². The van der Waals surface area contributed by atoms with E-state index in [0.717, 1.165) is 34.8 Å². The molecule has 6 heteroatoms. The number of halogens is 1. The van der Waals surface area contributed by atoms with E-state index in [1.54, 1.807) is 0 Å². The average Bonchev–Trinajstić information content (AvgIpc) is 2.64. The molecule has 27 heavy (non-hydrogen) atoms. The third kappa shape index (κ3) is 7.41. The topological polar surface area (TPSA) is 61.4 Å². The second kappa shape index (κ2) is 10.7. The lowest BCUT2D eigenvalue weighted by atomic mass is 10.1. The number of anilines is 1. The average molecular weight is 388 g/mol. The first kappa shape index (κ1) is 20.9. The maximum Gasteiger partial charge on any atom is 0.234 e. The summed E-state index contributed by atoms with van der Waals surface area (Å²) in [4.78, 5) is 25.3. The lowest BCUT2D eigenvalue weighted by Crippen LogP contribution is -2.37. The van der Waals surface area contributed by atoms with Crippen LogP contribution in [0.25, 0.3) is 0 Å². The Morgan fingerprint density at radius 1 is 1.07 bits per heavy atom. The number of nitrogens with zero attached hydrogens (tertiary/aromatic N) is 1. The van der Waals surface area contributed by atoms with Gasteiger partial charge in [-0.2, -0.15) is 0 Å². The van der Waals surface area contributed by atoms with Crippen molar-refractivity contribution in [1.29, 1.82) is 0 Å². The second-order valence-corrected chi connectivity index (χ2v) is 6.78. The van der Waals surface area contributed by atoms with Crippen LogP contribution < -0.4 is 10.6 Å². The van der Waals surface area contributed by atoms with E-state index in [1.807, 2.05) is 55.5 Å². The number of carbonyl (C=O) groups excluding carboxylic acids is 2. The zero-order chi connectivity index (χ0) is 19.6. The Bertz CT molecular complexity index is 762. The van der Waals surface area contributed by atoms with Crippen LogP contribution in [0.5, 0.6) is 0 Å². The van der Waals surface area contributed by atoms with E-state index in [4.69, 9.17) is 11.6 Å². The summed E-state index contributed by atoms with van der Waals surface area (Å²) < 4.78 is 0. The van der Waals surface area contributed by atoms with Gasteiger partial charge in [-0.3, -0.25) is 14.5 Å². The zero-order valence-corrected chi connectivity index (χ0v) is 16.6. The van der Waals surface area contributed by atoms with Crippen molar-refractivity contribution < 1.29 is 9.59 Å². The number of rotatable bonds is 9. The van der Waals surface area contributed by atoms with Gasteiger partial charge in [0.2, 0.25) is 11.8 Å². The summed E-state index contributed by atoms with van der Waals surface area (Å²) in [6.45, 7) is 5.83. The van der Waals surface area contributed by atoms with Crippen LogP contribution in [0.2, 0.25) is 5.02 Å². The molecule has 144 valence electrons. The number of nitrogens with one attached hydrogen (secondary N) is 2. The van der Waals surface area contributed by atoms with Crippen molar-refractivity contribution in [3.8, 4) is 0 Å². The Labute approximate surface area is 165 Å². The molecule has 0 unspecified atom stereocenters. The lowest BCUT2D eigenvalue weighted by Gasteiger charge is -2.20. The van der Waals surface area contributed by atoms with Gasteiger partial charge in [-0.25, -0.2) is 0 Å². The molecular formula is C21H26ClN3O2. The first-order chi connectivity index (χ1) is 13.0. The van der Waals surface area contributed by atoms with Gasteiger partial charge < -0.3 is 10.6 Å². The summed E-state index contributed by atoms with van der Waals surface area (Å²) in [6.07, 6.45) is 0.739. The molecule has 5 nitrogen and oxygen atoms in total. The van der Waals surface area contributed by atoms with Crippen LogP contribution in [0, 0.1) is 0 Å². The highest BCUT2D eigenvalue weighted by atomic mass is 35.5. The van der Waals surface area contributed by atoms with Crippen molar-refractivity contribution >= 4 is 29.1 Å². The van der Waals surface area contributed by atoms with Crippen LogP contribution in [0.4, 0.5) is 5.69 Å². The predicted molar refractivity (Wildman–Crippen MR) is 110 cm³/mol. The van der Waals surface area contributed by atoms with Crippen molar-refractivity contribution in [2.24, 2.45) is 0 Å². The molecular weight excluding hydrogens is 362 g/mol. The summed E-state index contributed by atoms with van der Waals surface area (Å²) in [5.41, 5.74) is 2.90. The molecule has 0 saturated heterocycles. The molecule has 0 spiro atoms. The van der Waals surface area contributed by atoms with Crippen LogP contribution in [0.3, 0.4) is 0 Å². The molecule has 0 saturated carbocycles. The standard InChI is InChI=1S/C21H26ClN3O2/c1-3-25(14-18-6-4-5-7-20(18)22)15-21(27)23-13-12-17-8-10-19(11-9-17)24-16(2)26/h4-11H,3,12-15H2,1-2H3,(H,23,27)(H,24,26). The van der Waals surface area contributed by atoms with Crippen LogP contribution >= 0.6 is 11.6 Å². The summed E-state index contributed by atoms with van der Waals surface area (Å²) in [6, 6.07) is 15.3. The van der Waals surface area contributed by atoms with E-state index in [1.165, 1.54) is 6.92 Å². The van der Waals surface area contributed by atoms with Crippen molar-refractivity contribution in [2.45, 2.75) is 26.8 Å². The molecule has 2 aromatic rings. The van der Waals surface area contributed by atoms with Crippen molar-refractivity contribution in [2.75, 3.05) is 25.0 Å². The smallest absolute Gasteiger partial charge is 0.234 e. The zero-order valence-electron chi connectivity index (χ0n) is 15.8. The number of benzene rings is 2. The number of likely N-dealkylation sites (N-methyl/N-ethyl adjacent to an activating group) is 1. The van der Waals surface area contributed by atoms with Crippen LogP contribution in [0.1, 0.15) is 25.0 Å². The number of hydrogen-bond donors (Lipinski definition) is 2. The quantitative estimate of drug-likeness (QED) is 0.692. The minimum absolute atomic E-state index is 0.00114. The second-order valence-electron chi connectivity index (χ2n) is 6.37. The number of hydrogen-bond acceptors (Lipinski definition) is 3. The fourth-order valence-corrected chi connectivity index (χ4v) is 2.91. The maximum atomic E-state index is 12.2. The highest BCUT2D eigenvalue weighted by Gasteiger charge is 2.11. The molecule has 0 radical (unpaired) electrons. The molecule has 2 amide bonds. The summed E-state index contributed by atoms with van der Waals surface area (Å²) in [5.74, 6) is -0.0916. The van der Waals surface area contributed by atoms with Gasteiger partial charge in [-0.1, -0.05) is 48.9 Å². The van der Waals surface area contributed by atoms with Gasteiger partial charge in [0.15, 0.2) is 0 Å². The summed E-state index contributed by atoms with van der Waals surface area (Å²) in [5, 5.41) is 6.42. The molecule has 0 aliphatic heterocycles. The van der Waals surface area contributed by atoms with E-state index < -0.39 is 0 Å². The first-order valence-corrected chi connectivity index (χ1v) is 9.44. The molecule has 0 heterocycles. The number of amides is 2. The van der Waals surface area contributed by atoms with Gasteiger partial charge in [0, 0.05) is 30.7 Å². The SMILES string of the molecule is CCN(CC(=O)NCCc1ccc(NC(C)=O)cc1)Cc1ccccc1Cl. The number of carbonyl (C=O) groups is 2. The Morgan fingerprint density at radius 2 is 1.78 bits per heavy atom. The molecule has 0 aliphatic carbocycles. The molecule has 0 atom stereocenters. The van der Waals surface area contributed by atoms with Crippen LogP contribution in [-0.4, -0.2) is 36.3 Å². The molecule has 2 N–H and O–H groups in total. The monoisotopic (exact) mass is 387 g/mol. The highest BCUT2D eigenvalue weighted by molar-refractivity contribution is 6.31. The maximum absolute atomic E-state index is 12.2. The van der Waals surface area contributed by atoms with Crippen molar-refractivity contribution in [3.05, 3.63) is 64.7 Å². The molecule has 0 aromatic heterocycles. The van der Waals surface area contributed by atoms with Gasteiger partial charge in [0.25, 0.3) is 0 Å². The minimum Gasteiger partial charge on any atom is -0.355 e. The van der Waals surface area contributed by atoms with Gasteiger partial charge in [-0.05, 0) is 42.3 Å².